The van der Waals surface area contributed by atoms with Crippen molar-refractivity contribution in [1.82, 2.24) is 9.97 Å². The smallest absolute Gasteiger partial charge is 0.178 e. The van der Waals surface area contributed by atoms with Gasteiger partial charge in [-0.1, -0.05) is 0 Å². The van der Waals surface area contributed by atoms with Gasteiger partial charge in [-0.3, -0.25) is 19.6 Å². The second-order valence-corrected chi connectivity index (χ2v) is 4.07. The first-order valence-corrected chi connectivity index (χ1v) is 5.85. The van der Waals surface area contributed by atoms with Crippen molar-refractivity contribution in [3.8, 4) is 0 Å². The van der Waals surface area contributed by atoms with E-state index >= 15 is 0 Å². The summed E-state index contributed by atoms with van der Waals surface area (Å²) in [7, 11) is 0. The second kappa shape index (κ2) is 6.98. The molecule has 0 aliphatic rings. The zero-order chi connectivity index (χ0) is 15.1. The Hall–Kier alpha value is -2.76. The molecule has 0 aromatic carbocycles. The minimum Gasteiger partial charge on any atom is -0.397 e. The number of ketones is 2. The summed E-state index contributed by atoms with van der Waals surface area (Å²) in [5.74, 6) is -0.0833. The maximum Gasteiger partial charge on any atom is 0.178 e. The van der Waals surface area contributed by atoms with Gasteiger partial charge in [-0.2, -0.15) is 0 Å². The van der Waals surface area contributed by atoms with Gasteiger partial charge >= 0.3 is 0 Å². The van der Waals surface area contributed by atoms with Crippen molar-refractivity contribution in [2.75, 3.05) is 11.5 Å². The van der Waals surface area contributed by atoms with Crippen molar-refractivity contribution in [1.29, 1.82) is 0 Å². The fourth-order valence-corrected chi connectivity index (χ4v) is 1.23. The predicted octanol–water partition coefficient (Wildman–Crippen LogP) is 1.73. The van der Waals surface area contributed by atoms with Gasteiger partial charge in [0.05, 0.1) is 23.8 Å². The van der Waals surface area contributed by atoms with E-state index in [2.05, 4.69) is 9.97 Å². The van der Waals surface area contributed by atoms with E-state index in [1.165, 1.54) is 26.2 Å². The Morgan fingerprint density at radius 1 is 0.800 bits per heavy atom. The first kappa shape index (κ1) is 15.3. The summed E-state index contributed by atoms with van der Waals surface area (Å²) in [6, 6.07) is 6.53. The number of hydrogen-bond acceptors (Lipinski definition) is 6. The van der Waals surface area contributed by atoms with E-state index in [1.807, 2.05) is 0 Å². The maximum atomic E-state index is 10.7. The van der Waals surface area contributed by atoms with Gasteiger partial charge in [-0.25, -0.2) is 0 Å². The van der Waals surface area contributed by atoms with Crippen LogP contribution in [0.3, 0.4) is 0 Å². The van der Waals surface area contributed by atoms with Crippen molar-refractivity contribution in [3.05, 3.63) is 48.0 Å². The van der Waals surface area contributed by atoms with Gasteiger partial charge in [-0.15, -0.1) is 0 Å². The molecule has 0 fully saturated rings. The van der Waals surface area contributed by atoms with Crippen molar-refractivity contribution in [2.45, 2.75) is 13.8 Å². The molecule has 0 atom stereocenters. The highest BCUT2D eigenvalue weighted by molar-refractivity contribution is 5.92. The third-order valence-corrected chi connectivity index (χ3v) is 2.29. The van der Waals surface area contributed by atoms with Gasteiger partial charge in [0.25, 0.3) is 0 Å². The number of carbonyl (C=O) groups is 2. The van der Waals surface area contributed by atoms with E-state index in [-0.39, 0.29) is 11.6 Å². The maximum absolute atomic E-state index is 10.7. The highest BCUT2D eigenvalue weighted by Gasteiger charge is 1.98. The predicted molar refractivity (Wildman–Crippen MR) is 77.3 cm³/mol. The topological polar surface area (TPSA) is 112 Å². The number of carbonyl (C=O) groups excluding carboxylic acids is 2. The van der Waals surface area contributed by atoms with Crippen LogP contribution in [-0.4, -0.2) is 21.5 Å². The van der Waals surface area contributed by atoms with Crippen molar-refractivity contribution in [3.63, 3.8) is 0 Å². The number of nitrogens with zero attached hydrogens (tertiary/aromatic N) is 2. The number of anilines is 2. The average molecular weight is 272 g/mol. The Kier molecular flexibility index (Phi) is 5.34. The van der Waals surface area contributed by atoms with Crippen LogP contribution < -0.4 is 11.5 Å². The molecule has 0 aliphatic carbocycles. The summed E-state index contributed by atoms with van der Waals surface area (Å²) in [6.07, 6.45) is 2.94. The van der Waals surface area contributed by atoms with Crippen LogP contribution in [0.15, 0.2) is 36.7 Å². The van der Waals surface area contributed by atoms with E-state index in [9.17, 15) is 9.59 Å². The standard InChI is InChI=1S/2C7H8N2O/c2*1-5(10)7-3-2-6(8)4-9-7/h2*2-4H,8H2,1H3. The van der Waals surface area contributed by atoms with Crippen LogP contribution in [-0.2, 0) is 0 Å². The SMILES string of the molecule is CC(=O)c1ccc(N)cn1.CC(=O)c1ccc(N)cn1. The highest BCUT2D eigenvalue weighted by atomic mass is 16.1. The van der Waals surface area contributed by atoms with Crippen LogP contribution in [0, 0.1) is 0 Å². The summed E-state index contributed by atoms with van der Waals surface area (Å²) in [6.45, 7) is 2.94. The Balaban J connectivity index is 0.000000200. The van der Waals surface area contributed by atoms with Crippen LogP contribution in [0.25, 0.3) is 0 Å². The van der Waals surface area contributed by atoms with Crippen LogP contribution in [0.5, 0.6) is 0 Å². The Labute approximate surface area is 116 Å². The molecule has 0 saturated carbocycles. The number of nitrogens with two attached hydrogens (primary N) is 2. The van der Waals surface area contributed by atoms with Gasteiger partial charge in [0.2, 0.25) is 0 Å². The molecule has 2 heterocycles. The van der Waals surface area contributed by atoms with Crippen molar-refractivity contribution in [2.24, 2.45) is 0 Å². The lowest BCUT2D eigenvalue weighted by Crippen LogP contribution is -1.96. The normalized spacial score (nSPS) is 9.30. The molecule has 20 heavy (non-hydrogen) atoms. The molecule has 0 spiro atoms. The zero-order valence-corrected chi connectivity index (χ0v) is 11.3. The molecule has 0 amide bonds. The number of Topliss-reactive ketones (excluding diaryl/α,β-unsaturated/α-hetero) is 2. The Morgan fingerprint density at radius 2 is 1.15 bits per heavy atom. The van der Waals surface area contributed by atoms with Gasteiger partial charge in [0, 0.05) is 13.8 Å². The fraction of sp³-hybridized carbons (Fsp3) is 0.143. The van der Waals surface area contributed by atoms with Crippen LogP contribution >= 0.6 is 0 Å². The third kappa shape index (κ3) is 4.85. The minimum absolute atomic E-state index is 0.0417. The number of pyridine rings is 2. The highest BCUT2D eigenvalue weighted by Crippen LogP contribution is 2.01. The summed E-state index contributed by atoms with van der Waals surface area (Å²) in [4.78, 5) is 28.9. The van der Waals surface area contributed by atoms with Crippen LogP contribution in [0.4, 0.5) is 11.4 Å². The van der Waals surface area contributed by atoms with Gasteiger partial charge in [0.1, 0.15) is 11.4 Å². The van der Waals surface area contributed by atoms with Crippen LogP contribution in [0.1, 0.15) is 34.8 Å². The third-order valence-electron chi connectivity index (χ3n) is 2.29. The van der Waals surface area contributed by atoms with Crippen molar-refractivity contribution >= 4 is 22.9 Å². The lowest BCUT2D eigenvalue weighted by Gasteiger charge is -1.93. The van der Waals surface area contributed by atoms with E-state index in [4.69, 9.17) is 11.5 Å². The first-order chi connectivity index (χ1) is 9.40. The second-order valence-electron chi connectivity index (χ2n) is 4.07. The number of hydrogen-bond donors (Lipinski definition) is 2. The molecule has 2 aromatic rings. The molecule has 4 N–H and O–H groups in total. The van der Waals surface area contributed by atoms with E-state index in [0.29, 0.717) is 22.8 Å². The minimum atomic E-state index is -0.0417. The molecular weight excluding hydrogens is 256 g/mol. The van der Waals surface area contributed by atoms with E-state index in [0.717, 1.165) is 0 Å². The summed E-state index contributed by atoms with van der Waals surface area (Å²) in [5, 5.41) is 0. The molecule has 2 rings (SSSR count). The largest absolute Gasteiger partial charge is 0.397 e. The average Bonchev–Trinajstić information content (AvgIpc) is 2.40. The molecule has 0 saturated heterocycles. The molecule has 0 aliphatic heterocycles. The molecule has 6 nitrogen and oxygen atoms in total. The Morgan fingerprint density at radius 3 is 1.35 bits per heavy atom. The number of nitrogen functional groups attached to an aromatic ring is 2. The number of aromatic nitrogens is 2. The first-order valence-electron chi connectivity index (χ1n) is 5.85. The molecule has 0 bridgehead atoms. The van der Waals surface area contributed by atoms with Crippen molar-refractivity contribution < 1.29 is 9.59 Å². The molecule has 6 heteroatoms. The monoisotopic (exact) mass is 272 g/mol. The quantitative estimate of drug-likeness (QED) is 0.805. The molecule has 0 unspecified atom stereocenters. The molecule has 2 aromatic heterocycles. The zero-order valence-electron chi connectivity index (χ0n) is 11.3. The van der Waals surface area contributed by atoms with Gasteiger partial charge in [0.15, 0.2) is 11.6 Å². The Bertz CT molecular complexity index is 536. The lowest BCUT2D eigenvalue weighted by molar-refractivity contribution is 0.100. The van der Waals surface area contributed by atoms with Gasteiger partial charge in [-0.05, 0) is 24.3 Å². The fourth-order valence-electron chi connectivity index (χ4n) is 1.23. The molecule has 0 radical (unpaired) electrons. The lowest BCUT2D eigenvalue weighted by atomic mass is 10.3. The molecule has 104 valence electrons. The number of rotatable bonds is 2. The van der Waals surface area contributed by atoms with Gasteiger partial charge < -0.3 is 11.5 Å². The summed E-state index contributed by atoms with van der Waals surface area (Å²) in [5.41, 5.74) is 12.8. The molecular formula is C14H16N4O2. The van der Waals surface area contributed by atoms with Crippen LogP contribution in [0.2, 0.25) is 0 Å². The summed E-state index contributed by atoms with van der Waals surface area (Å²) < 4.78 is 0. The van der Waals surface area contributed by atoms with E-state index < -0.39 is 0 Å². The summed E-state index contributed by atoms with van der Waals surface area (Å²) >= 11 is 0. The van der Waals surface area contributed by atoms with E-state index in [1.54, 1.807) is 24.3 Å².